The molecule has 0 spiro atoms. The van der Waals surface area contributed by atoms with Crippen molar-refractivity contribution < 1.29 is 9.21 Å². The van der Waals surface area contributed by atoms with Gasteiger partial charge in [-0.15, -0.1) is 11.3 Å². The van der Waals surface area contributed by atoms with Crippen molar-refractivity contribution in [2.45, 2.75) is 19.4 Å². The van der Waals surface area contributed by atoms with Gasteiger partial charge < -0.3 is 15.1 Å². The minimum Gasteiger partial charge on any atom is -0.462 e. The second-order valence-corrected chi connectivity index (χ2v) is 5.83. The van der Waals surface area contributed by atoms with Gasteiger partial charge in [-0.25, -0.2) is 4.98 Å². The molecular formula is C14H17N3O2S. The van der Waals surface area contributed by atoms with Gasteiger partial charge in [0.15, 0.2) is 10.8 Å². The summed E-state index contributed by atoms with van der Waals surface area (Å²) >= 11 is 1.52. The summed E-state index contributed by atoms with van der Waals surface area (Å²) in [6.45, 7) is 1.79. The molecule has 5 nitrogen and oxygen atoms in total. The molecule has 0 bridgehead atoms. The number of nitrogens with one attached hydrogen (secondary N) is 2. The third kappa shape index (κ3) is 3.68. The van der Waals surface area contributed by atoms with Gasteiger partial charge in [0.2, 0.25) is 5.91 Å². The van der Waals surface area contributed by atoms with E-state index in [9.17, 15) is 4.79 Å². The Morgan fingerprint density at radius 3 is 3.15 bits per heavy atom. The molecule has 1 fully saturated rings. The maximum atomic E-state index is 11.6. The van der Waals surface area contributed by atoms with Gasteiger partial charge >= 0.3 is 0 Å². The lowest BCUT2D eigenvalue weighted by atomic mass is 10.4. The SMILES string of the molecule is O=C(CNCC1CC1)NCc1csc(-c2ccco2)n1. The zero-order valence-corrected chi connectivity index (χ0v) is 11.9. The molecule has 2 aromatic rings. The van der Waals surface area contributed by atoms with Gasteiger partial charge in [-0.3, -0.25) is 4.79 Å². The molecule has 0 unspecified atom stereocenters. The summed E-state index contributed by atoms with van der Waals surface area (Å²) in [6, 6.07) is 3.71. The molecule has 6 heteroatoms. The van der Waals surface area contributed by atoms with E-state index in [0.717, 1.165) is 28.9 Å². The van der Waals surface area contributed by atoms with Gasteiger partial charge in [-0.1, -0.05) is 0 Å². The normalized spacial score (nSPS) is 14.4. The number of rotatable bonds is 7. The van der Waals surface area contributed by atoms with E-state index in [1.54, 1.807) is 6.26 Å². The van der Waals surface area contributed by atoms with E-state index in [0.29, 0.717) is 13.1 Å². The Hall–Kier alpha value is -1.66. The highest BCUT2D eigenvalue weighted by Gasteiger charge is 2.20. The third-order valence-electron chi connectivity index (χ3n) is 3.17. The monoisotopic (exact) mass is 291 g/mol. The first-order valence-electron chi connectivity index (χ1n) is 6.77. The fourth-order valence-electron chi connectivity index (χ4n) is 1.87. The molecule has 2 N–H and O–H groups in total. The maximum absolute atomic E-state index is 11.6. The Balaban J connectivity index is 1.42. The number of thiazole rings is 1. The van der Waals surface area contributed by atoms with Crippen molar-refractivity contribution in [2.24, 2.45) is 5.92 Å². The average molecular weight is 291 g/mol. The lowest BCUT2D eigenvalue weighted by Gasteiger charge is -2.04. The van der Waals surface area contributed by atoms with E-state index >= 15 is 0 Å². The summed E-state index contributed by atoms with van der Waals surface area (Å²) in [5, 5.41) is 8.81. The van der Waals surface area contributed by atoms with Crippen molar-refractivity contribution in [1.29, 1.82) is 0 Å². The Bertz CT molecular complexity index is 561. The fraction of sp³-hybridized carbons (Fsp3) is 0.429. The molecule has 0 radical (unpaired) electrons. The van der Waals surface area contributed by atoms with Crippen LogP contribution in [0.15, 0.2) is 28.2 Å². The van der Waals surface area contributed by atoms with E-state index < -0.39 is 0 Å². The predicted molar refractivity (Wildman–Crippen MR) is 77.3 cm³/mol. The van der Waals surface area contributed by atoms with Crippen molar-refractivity contribution in [3.63, 3.8) is 0 Å². The van der Waals surface area contributed by atoms with Gasteiger partial charge in [-0.05, 0) is 37.4 Å². The molecule has 1 amide bonds. The Morgan fingerprint density at radius 1 is 1.50 bits per heavy atom. The first kappa shape index (κ1) is 13.3. The first-order chi connectivity index (χ1) is 9.81. The van der Waals surface area contributed by atoms with Crippen LogP contribution in [0, 0.1) is 5.92 Å². The summed E-state index contributed by atoms with van der Waals surface area (Å²) in [7, 11) is 0. The lowest BCUT2D eigenvalue weighted by Crippen LogP contribution is -2.34. The van der Waals surface area contributed by atoms with Crippen molar-refractivity contribution >= 4 is 17.2 Å². The summed E-state index contributed by atoms with van der Waals surface area (Å²) < 4.78 is 5.29. The van der Waals surface area contributed by atoms with E-state index in [2.05, 4.69) is 15.6 Å². The molecule has 3 rings (SSSR count). The van der Waals surface area contributed by atoms with Crippen molar-refractivity contribution in [1.82, 2.24) is 15.6 Å². The van der Waals surface area contributed by atoms with Crippen LogP contribution in [0.1, 0.15) is 18.5 Å². The van der Waals surface area contributed by atoms with Crippen LogP contribution in [0.3, 0.4) is 0 Å². The van der Waals surface area contributed by atoms with Gasteiger partial charge in [0.05, 0.1) is 25.0 Å². The van der Waals surface area contributed by atoms with Crippen LogP contribution in [0.4, 0.5) is 0 Å². The number of hydrogen-bond acceptors (Lipinski definition) is 5. The molecule has 2 aromatic heterocycles. The van der Waals surface area contributed by atoms with Crippen molar-refractivity contribution in [3.8, 4) is 10.8 Å². The molecule has 0 aliphatic heterocycles. The van der Waals surface area contributed by atoms with E-state index in [1.165, 1.54) is 24.2 Å². The van der Waals surface area contributed by atoms with Gasteiger partial charge in [0.1, 0.15) is 0 Å². The fourth-order valence-corrected chi connectivity index (χ4v) is 2.65. The minimum absolute atomic E-state index is 0.0122. The summed E-state index contributed by atoms with van der Waals surface area (Å²) in [5.74, 6) is 1.56. The zero-order valence-electron chi connectivity index (χ0n) is 11.1. The number of furan rings is 1. The van der Waals surface area contributed by atoms with E-state index in [1.807, 2.05) is 17.5 Å². The van der Waals surface area contributed by atoms with Gasteiger partial charge in [0.25, 0.3) is 0 Å². The minimum atomic E-state index is 0.0122. The molecule has 0 atom stereocenters. The molecule has 0 saturated heterocycles. The second-order valence-electron chi connectivity index (χ2n) is 4.97. The number of amides is 1. The Morgan fingerprint density at radius 2 is 2.40 bits per heavy atom. The summed E-state index contributed by atoms with van der Waals surface area (Å²) in [6.07, 6.45) is 4.22. The van der Waals surface area contributed by atoms with E-state index in [-0.39, 0.29) is 5.91 Å². The second kappa shape index (κ2) is 6.19. The first-order valence-corrected chi connectivity index (χ1v) is 7.65. The quantitative estimate of drug-likeness (QED) is 0.819. The molecule has 1 aliphatic carbocycles. The van der Waals surface area contributed by atoms with Crippen LogP contribution >= 0.6 is 11.3 Å². The van der Waals surface area contributed by atoms with Crippen LogP contribution in [0.25, 0.3) is 10.8 Å². The predicted octanol–water partition coefficient (Wildman–Crippen LogP) is 2.02. The smallest absolute Gasteiger partial charge is 0.234 e. The van der Waals surface area contributed by atoms with Crippen LogP contribution in [-0.4, -0.2) is 24.0 Å². The number of carbonyl (C=O) groups is 1. The van der Waals surface area contributed by atoms with Crippen LogP contribution in [0.5, 0.6) is 0 Å². The zero-order chi connectivity index (χ0) is 13.8. The molecular weight excluding hydrogens is 274 g/mol. The molecule has 106 valence electrons. The highest BCUT2D eigenvalue weighted by Crippen LogP contribution is 2.27. The van der Waals surface area contributed by atoms with Crippen LogP contribution < -0.4 is 10.6 Å². The van der Waals surface area contributed by atoms with Crippen LogP contribution in [-0.2, 0) is 11.3 Å². The maximum Gasteiger partial charge on any atom is 0.234 e. The Kier molecular flexibility index (Phi) is 4.13. The molecule has 0 aromatic carbocycles. The third-order valence-corrected chi connectivity index (χ3v) is 4.07. The van der Waals surface area contributed by atoms with E-state index in [4.69, 9.17) is 4.42 Å². The molecule has 20 heavy (non-hydrogen) atoms. The lowest BCUT2D eigenvalue weighted by molar-refractivity contribution is -0.120. The Labute approximate surface area is 121 Å². The van der Waals surface area contributed by atoms with Gasteiger partial charge in [0, 0.05) is 5.38 Å². The number of carbonyl (C=O) groups excluding carboxylic acids is 1. The largest absolute Gasteiger partial charge is 0.462 e. The number of aromatic nitrogens is 1. The van der Waals surface area contributed by atoms with Crippen molar-refractivity contribution in [2.75, 3.05) is 13.1 Å². The number of hydrogen-bond donors (Lipinski definition) is 2. The molecule has 1 aliphatic rings. The van der Waals surface area contributed by atoms with Gasteiger partial charge in [-0.2, -0.15) is 0 Å². The summed E-state index contributed by atoms with van der Waals surface area (Å²) in [4.78, 5) is 16.1. The molecule has 2 heterocycles. The molecule has 1 saturated carbocycles. The van der Waals surface area contributed by atoms with Crippen LogP contribution in [0.2, 0.25) is 0 Å². The highest BCUT2D eigenvalue weighted by atomic mass is 32.1. The summed E-state index contributed by atoms with van der Waals surface area (Å²) in [5.41, 5.74) is 0.858. The highest BCUT2D eigenvalue weighted by molar-refractivity contribution is 7.13. The standard InChI is InChI=1S/C14H17N3O2S/c18-13(8-15-6-10-3-4-10)16-7-11-9-20-14(17-11)12-2-1-5-19-12/h1-2,5,9-10,15H,3-4,6-8H2,(H,16,18). The topological polar surface area (TPSA) is 67.2 Å². The number of nitrogens with zero attached hydrogens (tertiary/aromatic N) is 1. The van der Waals surface area contributed by atoms with Crippen molar-refractivity contribution in [3.05, 3.63) is 29.5 Å². The average Bonchev–Trinajstić information content (AvgIpc) is 2.96.